The van der Waals surface area contributed by atoms with E-state index in [4.69, 9.17) is 18.6 Å². The zero-order valence-corrected chi connectivity index (χ0v) is 20.3. The minimum absolute atomic E-state index is 0.0863. The highest BCUT2D eigenvalue weighted by atomic mass is 16.6. The molecule has 0 saturated carbocycles. The van der Waals surface area contributed by atoms with Gasteiger partial charge in [0, 0.05) is 6.07 Å². The molecular weight excluding hydrogens is 494 g/mol. The summed E-state index contributed by atoms with van der Waals surface area (Å²) in [5, 5.41) is 14.1. The Morgan fingerprint density at radius 1 is 1.24 bits per heavy atom. The molecule has 1 aliphatic rings. The number of nitrogens with one attached hydrogen (secondary N) is 1. The van der Waals surface area contributed by atoms with E-state index in [-0.39, 0.29) is 47.4 Å². The molecule has 3 rings (SSSR count). The van der Waals surface area contributed by atoms with E-state index in [0.717, 1.165) is 11.0 Å². The lowest BCUT2D eigenvalue weighted by Crippen LogP contribution is -2.30. The van der Waals surface area contributed by atoms with E-state index >= 15 is 0 Å². The normalized spacial score (nSPS) is 14.8. The highest BCUT2D eigenvalue weighted by molar-refractivity contribution is 6.13. The molecule has 2 heterocycles. The molecule has 196 valence electrons. The Balaban J connectivity index is 1.88. The first-order valence-electron chi connectivity index (χ1n) is 10.8. The van der Waals surface area contributed by atoms with Crippen molar-refractivity contribution >= 4 is 35.6 Å². The average molecular weight is 517 g/mol. The Hall–Kier alpha value is -4.88. The second-order valence-electron chi connectivity index (χ2n) is 7.48. The lowest BCUT2D eigenvalue weighted by atomic mass is 10.1. The van der Waals surface area contributed by atoms with Gasteiger partial charge in [0.2, 0.25) is 11.5 Å². The molecule has 3 amide bonds. The van der Waals surface area contributed by atoms with Gasteiger partial charge in [0.1, 0.15) is 11.5 Å². The van der Waals surface area contributed by atoms with Crippen molar-refractivity contribution in [3.05, 3.63) is 57.2 Å². The maximum atomic E-state index is 12.8. The number of nitrogens with zero attached hydrogens (tertiary/aromatic N) is 2. The molecule has 37 heavy (non-hydrogen) atoms. The van der Waals surface area contributed by atoms with Gasteiger partial charge in [-0.15, -0.1) is 0 Å². The summed E-state index contributed by atoms with van der Waals surface area (Å²) >= 11 is 0. The highest BCUT2D eigenvalue weighted by Crippen LogP contribution is 2.39. The van der Waals surface area contributed by atoms with E-state index in [0.29, 0.717) is 0 Å². The highest BCUT2D eigenvalue weighted by Gasteiger charge is 2.35. The number of amides is 3. The number of urea groups is 1. The van der Waals surface area contributed by atoms with Crippen LogP contribution in [0.3, 0.4) is 0 Å². The van der Waals surface area contributed by atoms with Gasteiger partial charge in [0.25, 0.3) is 5.91 Å². The molecule has 1 aromatic heterocycles. The second kappa shape index (κ2) is 11.2. The van der Waals surface area contributed by atoms with E-state index < -0.39 is 40.6 Å². The van der Waals surface area contributed by atoms with Crippen LogP contribution in [0.25, 0.3) is 6.08 Å². The summed E-state index contributed by atoms with van der Waals surface area (Å²) < 4.78 is 25.4. The summed E-state index contributed by atoms with van der Waals surface area (Å²) in [4.78, 5) is 60.5. The van der Waals surface area contributed by atoms with Gasteiger partial charge in [0.05, 0.1) is 32.3 Å². The zero-order chi connectivity index (χ0) is 27.3. The molecule has 1 aliphatic heterocycles. The fraction of sp³-hybridized carbons (Fsp3) is 0.304. The number of methoxy groups -OCH3 is 2. The average Bonchev–Trinajstić information content (AvgIpc) is 3.44. The third-order valence-corrected chi connectivity index (χ3v) is 5.02. The maximum absolute atomic E-state index is 12.8. The first kappa shape index (κ1) is 26.7. The number of esters is 2. The SMILES string of the molecule is CCOC(=O)[C@@H](C)Oc1c(OC)cc(/C=C2\NC(=O)N(Cc3ccc(C(=O)OC)o3)C2=O)cc1[N+](=O)[O-]. The number of hydrogen-bond acceptors (Lipinski definition) is 11. The number of ether oxygens (including phenoxy) is 4. The zero-order valence-electron chi connectivity index (χ0n) is 20.3. The molecule has 1 aromatic carbocycles. The molecule has 14 heteroatoms. The Kier molecular flexibility index (Phi) is 8.12. The lowest BCUT2D eigenvalue weighted by Gasteiger charge is -2.16. The number of hydrogen-bond donors (Lipinski definition) is 1. The fourth-order valence-electron chi connectivity index (χ4n) is 3.29. The molecule has 1 atom stereocenters. The second-order valence-corrected chi connectivity index (χ2v) is 7.48. The summed E-state index contributed by atoms with van der Waals surface area (Å²) in [6.07, 6.45) is 0.0540. The molecule has 0 radical (unpaired) electrons. The van der Waals surface area contributed by atoms with E-state index in [1.54, 1.807) is 6.92 Å². The van der Waals surface area contributed by atoms with Crippen LogP contribution in [0, 0.1) is 10.1 Å². The number of benzene rings is 1. The van der Waals surface area contributed by atoms with Gasteiger partial charge in [-0.25, -0.2) is 14.4 Å². The maximum Gasteiger partial charge on any atom is 0.373 e. The summed E-state index contributed by atoms with van der Waals surface area (Å²) in [5.74, 6) is -2.52. The van der Waals surface area contributed by atoms with E-state index in [1.165, 1.54) is 45.4 Å². The number of carbonyl (C=O) groups excluding carboxylic acids is 4. The van der Waals surface area contributed by atoms with E-state index in [1.807, 2.05) is 0 Å². The van der Waals surface area contributed by atoms with Crippen molar-refractivity contribution in [3.8, 4) is 11.5 Å². The van der Waals surface area contributed by atoms with Crippen LogP contribution >= 0.6 is 0 Å². The van der Waals surface area contributed by atoms with Crippen LogP contribution < -0.4 is 14.8 Å². The molecule has 0 bridgehead atoms. The fourth-order valence-corrected chi connectivity index (χ4v) is 3.29. The minimum atomic E-state index is -1.16. The van der Waals surface area contributed by atoms with Crippen LogP contribution in [-0.2, 0) is 25.6 Å². The summed E-state index contributed by atoms with van der Waals surface area (Å²) in [6.45, 7) is 2.79. The molecule has 0 unspecified atom stereocenters. The number of imide groups is 1. The van der Waals surface area contributed by atoms with E-state index in [9.17, 15) is 29.3 Å². The predicted molar refractivity (Wildman–Crippen MR) is 123 cm³/mol. The topological polar surface area (TPSA) is 177 Å². The van der Waals surface area contributed by atoms with Crippen LogP contribution in [0.5, 0.6) is 11.5 Å². The quantitative estimate of drug-likeness (QED) is 0.161. The van der Waals surface area contributed by atoms with Crippen LogP contribution in [0.1, 0.15) is 35.7 Å². The van der Waals surface area contributed by atoms with Crippen molar-refractivity contribution in [2.75, 3.05) is 20.8 Å². The van der Waals surface area contributed by atoms with Crippen molar-refractivity contribution in [1.29, 1.82) is 0 Å². The van der Waals surface area contributed by atoms with Gasteiger partial charge in [-0.3, -0.25) is 19.8 Å². The summed E-state index contributed by atoms with van der Waals surface area (Å²) in [7, 11) is 2.42. The number of carbonyl (C=O) groups is 4. The molecule has 1 fully saturated rings. The van der Waals surface area contributed by atoms with Crippen LogP contribution in [0.4, 0.5) is 10.5 Å². The van der Waals surface area contributed by atoms with Gasteiger partial charge in [0.15, 0.2) is 11.9 Å². The van der Waals surface area contributed by atoms with Crippen molar-refractivity contribution in [3.63, 3.8) is 0 Å². The third kappa shape index (κ3) is 5.86. The molecule has 1 saturated heterocycles. The summed E-state index contributed by atoms with van der Waals surface area (Å²) in [6, 6.07) is 4.43. The Labute approximate surface area is 209 Å². The van der Waals surface area contributed by atoms with Gasteiger partial charge in [-0.1, -0.05) is 0 Å². The van der Waals surface area contributed by atoms with Crippen LogP contribution in [-0.4, -0.2) is 60.6 Å². The van der Waals surface area contributed by atoms with E-state index in [2.05, 4.69) is 10.1 Å². The number of rotatable bonds is 10. The molecule has 2 aromatic rings. The monoisotopic (exact) mass is 517 g/mol. The standard InChI is InChI=1S/C23H23N3O11/c1-5-35-21(28)12(2)36-19-16(26(31)32)9-13(10-18(19)33-3)8-15-20(27)25(23(30)24-15)11-14-6-7-17(37-14)22(29)34-4/h6-10,12H,5,11H2,1-4H3,(H,24,30)/b15-8-/t12-/m1/s1. The smallest absolute Gasteiger partial charge is 0.373 e. The Morgan fingerprint density at radius 3 is 2.59 bits per heavy atom. The van der Waals surface area contributed by atoms with Crippen molar-refractivity contribution < 1.29 is 47.5 Å². The molecular formula is C23H23N3O11. The van der Waals surface area contributed by atoms with Crippen molar-refractivity contribution in [2.24, 2.45) is 0 Å². The van der Waals surface area contributed by atoms with Gasteiger partial charge < -0.3 is 28.7 Å². The third-order valence-electron chi connectivity index (χ3n) is 5.02. The van der Waals surface area contributed by atoms with Gasteiger partial charge in [-0.2, -0.15) is 0 Å². The lowest BCUT2D eigenvalue weighted by molar-refractivity contribution is -0.386. The Morgan fingerprint density at radius 2 is 1.97 bits per heavy atom. The molecule has 14 nitrogen and oxygen atoms in total. The van der Waals surface area contributed by atoms with Crippen LogP contribution in [0.15, 0.2) is 34.4 Å². The predicted octanol–water partition coefficient (Wildman–Crippen LogP) is 2.41. The number of furan rings is 1. The van der Waals surface area contributed by atoms with Crippen molar-refractivity contribution in [2.45, 2.75) is 26.5 Å². The molecule has 0 aliphatic carbocycles. The largest absolute Gasteiger partial charge is 0.493 e. The first-order valence-corrected chi connectivity index (χ1v) is 10.8. The minimum Gasteiger partial charge on any atom is -0.493 e. The molecule has 1 N–H and O–H groups in total. The Bertz CT molecular complexity index is 1280. The van der Waals surface area contributed by atoms with Gasteiger partial charge >= 0.3 is 23.7 Å². The summed E-state index contributed by atoms with van der Waals surface area (Å²) in [5.41, 5.74) is -0.576. The van der Waals surface area contributed by atoms with Crippen molar-refractivity contribution in [1.82, 2.24) is 10.2 Å². The number of nitro groups is 1. The number of nitro benzene ring substituents is 1. The molecule has 0 spiro atoms. The van der Waals surface area contributed by atoms with Crippen LogP contribution in [0.2, 0.25) is 0 Å². The van der Waals surface area contributed by atoms with Gasteiger partial charge in [-0.05, 0) is 43.7 Å². The first-order chi connectivity index (χ1) is 17.6.